The number of nitrogens with two attached hydrogens (primary N) is 1. The van der Waals surface area contributed by atoms with E-state index in [1.165, 1.54) is 0 Å². The van der Waals surface area contributed by atoms with Gasteiger partial charge in [-0.3, -0.25) is 9.59 Å². The SMILES string of the molecule is CC(C)(C)C(CC(=O)O)NC(=O)Cc1ccc(N)cc1. The third-order valence-corrected chi connectivity index (χ3v) is 3.10. The van der Waals surface area contributed by atoms with Gasteiger partial charge in [0.15, 0.2) is 0 Å². The van der Waals surface area contributed by atoms with Crippen LogP contribution < -0.4 is 11.1 Å². The fourth-order valence-corrected chi connectivity index (χ4v) is 1.81. The number of hydrogen-bond acceptors (Lipinski definition) is 3. The van der Waals surface area contributed by atoms with Crippen molar-refractivity contribution in [1.29, 1.82) is 0 Å². The molecule has 1 amide bonds. The minimum Gasteiger partial charge on any atom is -0.481 e. The van der Waals surface area contributed by atoms with Crippen molar-refractivity contribution in [1.82, 2.24) is 5.32 Å². The summed E-state index contributed by atoms with van der Waals surface area (Å²) in [4.78, 5) is 22.9. The molecule has 0 aliphatic rings. The molecule has 0 aromatic heterocycles. The zero-order chi connectivity index (χ0) is 15.3. The van der Waals surface area contributed by atoms with Gasteiger partial charge in [0.1, 0.15) is 0 Å². The van der Waals surface area contributed by atoms with E-state index in [2.05, 4.69) is 5.32 Å². The number of anilines is 1. The van der Waals surface area contributed by atoms with E-state index in [-0.39, 0.29) is 24.2 Å². The van der Waals surface area contributed by atoms with Crippen LogP contribution in [0.4, 0.5) is 5.69 Å². The molecule has 1 unspecified atom stereocenters. The molecule has 5 nitrogen and oxygen atoms in total. The van der Waals surface area contributed by atoms with Crippen LogP contribution in [-0.4, -0.2) is 23.0 Å². The van der Waals surface area contributed by atoms with Gasteiger partial charge in [-0.05, 0) is 23.1 Å². The molecule has 0 fully saturated rings. The Bertz CT molecular complexity index is 475. The third kappa shape index (κ3) is 5.30. The maximum atomic E-state index is 12.0. The quantitative estimate of drug-likeness (QED) is 0.716. The zero-order valence-corrected chi connectivity index (χ0v) is 12.1. The molecule has 0 spiro atoms. The smallest absolute Gasteiger partial charge is 0.305 e. The molecule has 0 aliphatic heterocycles. The maximum absolute atomic E-state index is 12.0. The molecule has 5 heteroatoms. The van der Waals surface area contributed by atoms with Gasteiger partial charge >= 0.3 is 5.97 Å². The standard InChI is InChI=1S/C15H22N2O3/c1-15(2,3)12(9-14(19)20)17-13(18)8-10-4-6-11(16)7-5-10/h4-7,12H,8-9,16H2,1-3H3,(H,17,18)(H,19,20). The number of carboxylic acids is 1. The Morgan fingerprint density at radius 3 is 2.25 bits per heavy atom. The molecule has 0 saturated carbocycles. The number of rotatable bonds is 5. The molecule has 0 radical (unpaired) electrons. The maximum Gasteiger partial charge on any atom is 0.305 e. The van der Waals surface area contributed by atoms with Gasteiger partial charge in [-0.25, -0.2) is 0 Å². The number of carbonyl (C=O) groups excluding carboxylic acids is 1. The van der Waals surface area contributed by atoms with E-state index in [4.69, 9.17) is 10.8 Å². The van der Waals surface area contributed by atoms with E-state index in [1.54, 1.807) is 24.3 Å². The number of amides is 1. The van der Waals surface area contributed by atoms with E-state index >= 15 is 0 Å². The van der Waals surface area contributed by atoms with E-state index < -0.39 is 12.0 Å². The summed E-state index contributed by atoms with van der Waals surface area (Å²) in [5.74, 6) is -1.10. The second kappa shape index (κ2) is 6.41. The Hall–Kier alpha value is -2.04. The molecular formula is C15H22N2O3. The lowest BCUT2D eigenvalue weighted by atomic mass is 9.84. The highest BCUT2D eigenvalue weighted by atomic mass is 16.4. The first-order chi connectivity index (χ1) is 9.18. The number of carboxylic acid groups (broad SMARTS) is 1. The van der Waals surface area contributed by atoms with E-state index in [0.29, 0.717) is 5.69 Å². The van der Waals surface area contributed by atoms with Gasteiger partial charge in [-0.1, -0.05) is 32.9 Å². The van der Waals surface area contributed by atoms with Gasteiger partial charge in [0, 0.05) is 11.7 Å². The van der Waals surface area contributed by atoms with Crippen LogP contribution in [0.3, 0.4) is 0 Å². The number of nitrogen functional groups attached to an aromatic ring is 1. The zero-order valence-electron chi connectivity index (χ0n) is 12.1. The van der Waals surface area contributed by atoms with Crippen molar-refractivity contribution in [2.75, 3.05) is 5.73 Å². The highest BCUT2D eigenvalue weighted by Crippen LogP contribution is 2.22. The molecule has 1 aromatic rings. The van der Waals surface area contributed by atoms with Crippen LogP contribution in [-0.2, 0) is 16.0 Å². The first-order valence-electron chi connectivity index (χ1n) is 6.54. The molecule has 4 N–H and O–H groups in total. The number of nitrogens with one attached hydrogen (secondary N) is 1. The van der Waals surface area contributed by atoms with E-state index in [0.717, 1.165) is 5.56 Å². The summed E-state index contributed by atoms with van der Waals surface area (Å²) in [7, 11) is 0. The average molecular weight is 278 g/mol. The van der Waals surface area contributed by atoms with Crippen molar-refractivity contribution in [2.45, 2.75) is 39.7 Å². The molecular weight excluding hydrogens is 256 g/mol. The van der Waals surface area contributed by atoms with Crippen LogP contribution in [0.1, 0.15) is 32.8 Å². The Morgan fingerprint density at radius 1 is 1.25 bits per heavy atom. The van der Waals surface area contributed by atoms with E-state index in [1.807, 2.05) is 20.8 Å². The number of carbonyl (C=O) groups is 2. The lowest BCUT2D eigenvalue weighted by Gasteiger charge is -2.30. The second-order valence-electron chi connectivity index (χ2n) is 6.00. The largest absolute Gasteiger partial charge is 0.481 e. The third-order valence-electron chi connectivity index (χ3n) is 3.10. The molecule has 1 aromatic carbocycles. The fraction of sp³-hybridized carbons (Fsp3) is 0.467. The van der Waals surface area contributed by atoms with Crippen molar-refractivity contribution in [3.8, 4) is 0 Å². The van der Waals surface area contributed by atoms with Gasteiger partial charge in [-0.15, -0.1) is 0 Å². The van der Waals surface area contributed by atoms with Crippen LogP contribution >= 0.6 is 0 Å². The van der Waals surface area contributed by atoms with E-state index in [9.17, 15) is 9.59 Å². The van der Waals surface area contributed by atoms with Crippen LogP contribution in [0.15, 0.2) is 24.3 Å². The van der Waals surface area contributed by atoms with Crippen molar-refractivity contribution in [3.63, 3.8) is 0 Å². The normalized spacial score (nSPS) is 12.8. The number of hydrogen-bond donors (Lipinski definition) is 3. The van der Waals surface area contributed by atoms with Crippen molar-refractivity contribution in [3.05, 3.63) is 29.8 Å². The predicted octanol–water partition coefficient (Wildman–Crippen LogP) is 1.82. The molecule has 0 bridgehead atoms. The minimum atomic E-state index is -0.919. The van der Waals surface area contributed by atoms with Gasteiger partial charge < -0.3 is 16.2 Å². The summed E-state index contributed by atoms with van der Waals surface area (Å²) in [6.45, 7) is 5.72. The second-order valence-corrected chi connectivity index (χ2v) is 6.00. The van der Waals surface area contributed by atoms with Crippen molar-refractivity contribution in [2.24, 2.45) is 5.41 Å². The summed E-state index contributed by atoms with van der Waals surface area (Å²) in [5, 5.41) is 11.7. The Balaban J connectivity index is 2.66. The van der Waals surface area contributed by atoms with Gasteiger partial charge in [0.2, 0.25) is 5.91 Å². The van der Waals surface area contributed by atoms with Crippen LogP contribution in [0.25, 0.3) is 0 Å². The predicted molar refractivity (Wildman–Crippen MR) is 78.2 cm³/mol. The van der Waals surface area contributed by atoms with Gasteiger partial charge in [-0.2, -0.15) is 0 Å². The fourth-order valence-electron chi connectivity index (χ4n) is 1.81. The molecule has 1 rings (SSSR count). The Kier molecular flexibility index (Phi) is 5.13. The first kappa shape index (κ1) is 16.0. The lowest BCUT2D eigenvalue weighted by Crippen LogP contribution is -2.45. The summed E-state index contributed by atoms with van der Waals surface area (Å²) in [5.41, 5.74) is 6.77. The molecule has 1 atom stereocenters. The molecule has 0 saturated heterocycles. The summed E-state index contributed by atoms with van der Waals surface area (Å²) < 4.78 is 0. The molecule has 20 heavy (non-hydrogen) atoms. The topological polar surface area (TPSA) is 92.4 Å². The molecule has 110 valence electrons. The highest BCUT2D eigenvalue weighted by Gasteiger charge is 2.28. The lowest BCUT2D eigenvalue weighted by molar-refractivity contribution is -0.138. The first-order valence-corrected chi connectivity index (χ1v) is 6.54. The summed E-state index contributed by atoms with van der Waals surface area (Å²) in [6.07, 6.45) is 0.128. The number of aliphatic carboxylic acids is 1. The van der Waals surface area contributed by atoms with Crippen LogP contribution in [0.2, 0.25) is 0 Å². The monoisotopic (exact) mass is 278 g/mol. The van der Waals surface area contributed by atoms with Crippen LogP contribution in [0, 0.1) is 5.41 Å². The van der Waals surface area contributed by atoms with Gasteiger partial charge in [0.25, 0.3) is 0 Å². The van der Waals surface area contributed by atoms with Crippen LogP contribution in [0.5, 0.6) is 0 Å². The number of benzene rings is 1. The van der Waals surface area contributed by atoms with Crippen molar-refractivity contribution < 1.29 is 14.7 Å². The highest BCUT2D eigenvalue weighted by molar-refractivity contribution is 5.80. The minimum absolute atomic E-state index is 0.0863. The van der Waals surface area contributed by atoms with Crippen molar-refractivity contribution >= 4 is 17.6 Å². The molecule has 0 aliphatic carbocycles. The molecule has 0 heterocycles. The Labute approximate surface area is 119 Å². The Morgan fingerprint density at radius 2 is 1.80 bits per heavy atom. The summed E-state index contributed by atoms with van der Waals surface area (Å²) >= 11 is 0. The summed E-state index contributed by atoms with van der Waals surface area (Å²) in [6, 6.07) is 6.65. The average Bonchev–Trinajstić information content (AvgIpc) is 2.29. The van der Waals surface area contributed by atoms with Gasteiger partial charge in [0.05, 0.1) is 12.8 Å².